The summed E-state index contributed by atoms with van der Waals surface area (Å²) in [6.07, 6.45) is 5.57. The molecular formula is C13H12FN3O3. The fourth-order valence-corrected chi connectivity index (χ4v) is 1.96. The fraction of sp³-hybridized carbons (Fsp3) is 0.308. The van der Waals surface area contributed by atoms with E-state index in [1.54, 1.807) is 10.9 Å². The Bertz CT molecular complexity index is 679. The Morgan fingerprint density at radius 2 is 2.25 bits per heavy atom. The van der Waals surface area contributed by atoms with Crippen molar-refractivity contribution in [2.75, 3.05) is 0 Å². The van der Waals surface area contributed by atoms with Gasteiger partial charge in [-0.25, -0.2) is 14.2 Å². The minimum Gasteiger partial charge on any atom is -0.503 e. The van der Waals surface area contributed by atoms with Crippen LogP contribution in [0.5, 0.6) is 5.75 Å². The first-order valence-electron chi connectivity index (χ1n) is 6.20. The minimum atomic E-state index is -1.48. The maximum atomic E-state index is 13.5. The molecule has 6 nitrogen and oxygen atoms in total. The van der Waals surface area contributed by atoms with E-state index in [1.807, 2.05) is 0 Å². The number of hydrogen-bond acceptors (Lipinski definition) is 4. The average Bonchev–Trinajstić information content (AvgIpc) is 3.08. The van der Waals surface area contributed by atoms with Gasteiger partial charge in [0.2, 0.25) is 0 Å². The zero-order valence-corrected chi connectivity index (χ0v) is 10.5. The molecule has 0 aromatic carbocycles. The second kappa shape index (κ2) is 4.59. The number of rotatable bonds is 4. The first-order valence-corrected chi connectivity index (χ1v) is 6.20. The van der Waals surface area contributed by atoms with Gasteiger partial charge in [0.05, 0.1) is 11.9 Å². The van der Waals surface area contributed by atoms with Gasteiger partial charge in [-0.15, -0.1) is 0 Å². The molecule has 0 unspecified atom stereocenters. The van der Waals surface area contributed by atoms with Gasteiger partial charge in [-0.3, -0.25) is 4.68 Å². The van der Waals surface area contributed by atoms with Crippen LogP contribution >= 0.6 is 0 Å². The summed E-state index contributed by atoms with van der Waals surface area (Å²) in [6.45, 7) is 0.798. The summed E-state index contributed by atoms with van der Waals surface area (Å²) in [5.74, 6) is -2.80. The highest BCUT2D eigenvalue weighted by molar-refractivity contribution is 5.89. The summed E-state index contributed by atoms with van der Waals surface area (Å²) >= 11 is 0. The van der Waals surface area contributed by atoms with Gasteiger partial charge in [-0.05, 0) is 18.8 Å². The second-order valence-corrected chi connectivity index (χ2v) is 4.89. The molecule has 1 aliphatic rings. The van der Waals surface area contributed by atoms with Crippen LogP contribution in [0.4, 0.5) is 4.39 Å². The third-order valence-corrected chi connectivity index (χ3v) is 3.22. The Kier molecular flexibility index (Phi) is 2.89. The van der Waals surface area contributed by atoms with Crippen molar-refractivity contribution in [1.82, 2.24) is 14.8 Å². The minimum absolute atomic E-state index is 0.139. The maximum absolute atomic E-state index is 13.5. The molecule has 104 valence electrons. The van der Waals surface area contributed by atoms with Gasteiger partial charge in [0.15, 0.2) is 17.3 Å². The van der Waals surface area contributed by atoms with Crippen molar-refractivity contribution < 1.29 is 19.4 Å². The fourth-order valence-electron chi connectivity index (χ4n) is 1.96. The monoisotopic (exact) mass is 277 g/mol. The quantitative estimate of drug-likeness (QED) is 0.891. The number of carbonyl (C=O) groups is 1. The Balaban J connectivity index is 1.96. The molecule has 1 aliphatic carbocycles. The summed E-state index contributed by atoms with van der Waals surface area (Å²) < 4.78 is 15.3. The predicted molar refractivity (Wildman–Crippen MR) is 66.8 cm³/mol. The highest BCUT2D eigenvalue weighted by Gasteiger charge is 2.23. The number of nitrogens with zero attached hydrogens (tertiary/aromatic N) is 3. The zero-order valence-electron chi connectivity index (χ0n) is 10.5. The normalized spacial score (nSPS) is 14.4. The van der Waals surface area contributed by atoms with E-state index in [0.717, 1.165) is 12.6 Å². The van der Waals surface area contributed by atoms with Crippen molar-refractivity contribution in [3.05, 3.63) is 30.0 Å². The first kappa shape index (κ1) is 12.6. The summed E-state index contributed by atoms with van der Waals surface area (Å²) in [6, 6.07) is 1.00. The van der Waals surface area contributed by atoms with E-state index >= 15 is 0 Å². The molecule has 2 heterocycles. The van der Waals surface area contributed by atoms with E-state index in [-0.39, 0.29) is 5.69 Å². The lowest BCUT2D eigenvalue weighted by Gasteiger charge is -2.03. The van der Waals surface area contributed by atoms with Crippen LogP contribution in [0.25, 0.3) is 11.3 Å². The van der Waals surface area contributed by atoms with Crippen molar-refractivity contribution in [2.24, 2.45) is 5.92 Å². The van der Waals surface area contributed by atoms with Gasteiger partial charge in [-0.1, -0.05) is 0 Å². The maximum Gasteiger partial charge on any atom is 0.358 e. The predicted octanol–water partition coefficient (Wildman–Crippen LogP) is 1.90. The van der Waals surface area contributed by atoms with Crippen LogP contribution in [0.15, 0.2) is 18.5 Å². The Labute approximate surface area is 113 Å². The molecule has 0 bridgehead atoms. The lowest BCUT2D eigenvalue weighted by molar-refractivity contribution is 0.0686. The molecule has 20 heavy (non-hydrogen) atoms. The highest BCUT2D eigenvalue weighted by Crippen LogP contribution is 2.31. The van der Waals surface area contributed by atoms with E-state index in [4.69, 9.17) is 5.11 Å². The number of aromatic hydroxyl groups is 1. The number of aromatic carboxylic acids is 1. The average molecular weight is 277 g/mol. The van der Waals surface area contributed by atoms with Gasteiger partial charge in [-0.2, -0.15) is 5.10 Å². The van der Waals surface area contributed by atoms with Crippen molar-refractivity contribution in [3.63, 3.8) is 0 Å². The van der Waals surface area contributed by atoms with Crippen LogP contribution in [-0.4, -0.2) is 30.9 Å². The number of carboxylic acid groups (broad SMARTS) is 1. The number of carboxylic acids is 1. The molecule has 0 saturated heterocycles. The van der Waals surface area contributed by atoms with E-state index < -0.39 is 23.2 Å². The highest BCUT2D eigenvalue weighted by atomic mass is 19.1. The van der Waals surface area contributed by atoms with E-state index in [9.17, 15) is 14.3 Å². The summed E-state index contributed by atoms with van der Waals surface area (Å²) in [7, 11) is 0. The van der Waals surface area contributed by atoms with Crippen LogP contribution in [0.3, 0.4) is 0 Å². The molecule has 0 aliphatic heterocycles. The summed E-state index contributed by atoms with van der Waals surface area (Å²) in [5, 5.41) is 22.4. The van der Waals surface area contributed by atoms with E-state index in [1.165, 1.54) is 19.0 Å². The van der Waals surface area contributed by atoms with Crippen molar-refractivity contribution in [2.45, 2.75) is 19.4 Å². The van der Waals surface area contributed by atoms with Crippen molar-refractivity contribution >= 4 is 5.97 Å². The standard InChI is InChI=1S/C13H12FN3O3/c14-9-3-10(16-11(12(9)18)13(19)20)8-4-15-17(6-8)5-7-1-2-7/h3-4,6-7,18H,1-2,5H2,(H,19,20). The molecule has 2 N–H and O–H groups in total. The van der Waals surface area contributed by atoms with Gasteiger partial charge < -0.3 is 10.2 Å². The van der Waals surface area contributed by atoms with Gasteiger partial charge in [0, 0.05) is 24.4 Å². The number of halogens is 1. The molecule has 2 aromatic rings. The Morgan fingerprint density at radius 3 is 2.90 bits per heavy atom. The Morgan fingerprint density at radius 1 is 1.50 bits per heavy atom. The van der Waals surface area contributed by atoms with Gasteiger partial charge >= 0.3 is 5.97 Å². The number of pyridine rings is 1. The van der Waals surface area contributed by atoms with Crippen LogP contribution in [-0.2, 0) is 6.54 Å². The second-order valence-electron chi connectivity index (χ2n) is 4.89. The largest absolute Gasteiger partial charge is 0.503 e. The molecule has 0 amide bonds. The molecule has 1 fully saturated rings. The molecule has 0 atom stereocenters. The van der Waals surface area contributed by atoms with Crippen LogP contribution in [0, 0.1) is 11.7 Å². The van der Waals surface area contributed by atoms with E-state index in [0.29, 0.717) is 11.5 Å². The lowest BCUT2D eigenvalue weighted by atomic mass is 10.2. The van der Waals surface area contributed by atoms with Crippen LogP contribution < -0.4 is 0 Å². The smallest absolute Gasteiger partial charge is 0.358 e. The van der Waals surface area contributed by atoms with E-state index in [2.05, 4.69) is 10.1 Å². The molecule has 0 spiro atoms. The molecular weight excluding hydrogens is 265 g/mol. The number of aromatic nitrogens is 3. The Hall–Kier alpha value is -2.44. The van der Waals surface area contributed by atoms with Crippen molar-refractivity contribution in [3.8, 4) is 17.0 Å². The first-order chi connectivity index (χ1) is 9.54. The molecule has 3 rings (SSSR count). The third kappa shape index (κ3) is 2.34. The van der Waals surface area contributed by atoms with Crippen LogP contribution in [0.1, 0.15) is 23.3 Å². The molecule has 2 aromatic heterocycles. The van der Waals surface area contributed by atoms with Crippen molar-refractivity contribution in [1.29, 1.82) is 0 Å². The molecule has 0 radical (unpaired) electrons. The lowest BCUT2D eigenvalue weighted by Crippen LogP contribution is -2.03. The molecule has 7 heteroatoms. The van der Waals surface area contributed by atoms with Gasteiger partial charge in [0.25, 0.3) is 0 Å². The number of hydrogen-bond donors (Lipinski definition) is 2. The summed E-state index contributed by atoms with van der Waals surface area (Å²) in [4.78, 5) is 14.7. The topological polar surface area (TPSA) is 88.2 Å². The zero-order chi connectivity index (χ0) is 14.3. The third-order valence-electron chi connectivity index (χ3n) is 3.22. The molecule has 1 saturated carbocycles. The SMILES string of the molecule is O=C(O)c1nc(-c2cnn(CC3CC3)c2)cc(F)c1O. The summed E-state index contributed by atoms with van der Waals surface area (Å²) in [5.41, 5.74) is -0.0401. The van der Waals surface area contributed by atoms with Gasteiger partial charge in [0.1, 0.15) is 0 Å². The van der Waals surface area contributed by atoms with Crippen LogP contribution in [0.2, 0.25) is 0 Å².